The Morgan fingerprint density at radius 3 is 1.31 bits per heavy atom. The molecule has 33 heteroatoms. The van der Waals surface area contributed by atoms with Gasteiger partial charge in [0, 0.05) is 19.4 Å². The number of hydrogen-bond acceptors (Lipinski definition) is 20. The van der Waals surface area contributed by atoms with Gasteiger partial charge in [-0.05, 0) is 107 Å². The molecule has 0 radical (unpaired) electrons. The number of guanidine groups is 1. The monoisotopic (exact) mass is 1220 g/mol. The Morgan fingerprint density at radius 1 is 0.477 bits per heavy atom. The van der Waals surface area contributed by atoms with Crippen LogP contribution in [0.4, 0.5) is 0 Å². The Bertz CT molecular complexity index is 2610. The molecule has 0 aliphatic rings. The fraction of sp³-hybridized carbons (Fsp3) is 0.547. The summed E-state index contributed by atoms with van der Waals surface area (Å²) < 4.78 is 0. The fourth-order valence-corrected chi connectivity index (χ4v) is 8.05. The van der Waals surface area contributed by atoms with E-state index in [1.165, 1.54) is 48.5 Å². The summed E-state index contributed by atoms with van der Waals surface area (Å²) in [6, 6.07) is -5.51. The van der Waals surface area contributed by atoms with E-state index in [0.717, 1.165) is 13.8 Å². The number of aliphatic hydroxyl groups is 3. The van der Waals surface area contributed by atoms with Crippen LogP contribution in [0.25, 0.3) is 0 Å². The summed E-state index contributed by atoms with van der Waals surface area (Å²) in [6.07, 6.45) is -1.74. The van der Waals surface area contributed by atoms with Crippen LogP contribution in [0.3, 0.4) is 0 Å². The van der Waals surface area contributed by atoms with Crippen molar-refractivity contribution >= 4 is 71.1 Å². The molecule has 0 spiro atoms. The molecule has 0 aliphatic carbocycles. The maximum atomic E-state index is 14.1. The Labute approximate surface area is 494 Å². The molecule has 86 heavy (non-hydrogen) atoms. The van der Waals surface area contributed by atoms with Crippen molar-refractivity contribution < 1.29 is 88.5 Å². The highest BCUT2D eigenvalue weighted by molar-refractivity contribution is 5.99. The molecule has 0 aliphatic heterocycles. The number of benzene rings is 2. The van der Waals surface area contributed by atoms with Crippen LogP contribution in [-0.4, -0.2) is 206 Å². The average molecular weight is 1220 g/mol. The van der Waals surface area contributed by atoms with Crippen LogP contribution < -0.4 is 76.5 Å². The molecule has 0 unspecified atom stereocenters. The minimum atomic E-state index is -1.89. The number of phenols is 2. The number of rotatable bonds is 40. The number of amides is 9. The first kappa shape index (κ1) is 73.3. The number of hydrogen-bond donors (Lipinski definition) is 21. The number of carboxylic acid groups (broad SMARTS) is 2. The number of carbonyl (C=O) groups excluding carboxylic acids is 9. The van der Waals surface area contributed by atoms with Gasteiger partial charge in [-0.25, -0.2) is 4.79 Å². The molecule has 0 saturated carbocycles. The molecule has 0 saturated heterocycles. The van der Waals surface area contributed by atoms with Gasteiger partial charge in [0.1, 0.15) is 65.9 Å². The van der Waals surface area contributed by atoms with Gasteiger partial charge in [0.15, 0.2) is 5.96 Å². The predicted octanol–water partition coefficient (Wildman–Crippen LogP) is -7.17. The quantitative estimate of drug-likeness (QED) is 0.0167. The Hall–Kier alpha value is -8.76. The number of carbonyl (C=O) groups is 11. The zero-order valence-corrected chi connectivity index (χ0v) is 47.7. The third-order valence-corrected chi connectivity index (χ3v) is 12.9. The van der Waals surface area contributed by atoms with E-state index in [4.69, 9.17) is 28.7 Å². The van der Waals surface area contributed by atoms with Crippen LogP contribution in [0.5, 0.6) is 11.5 Å². The smallest absolute Gasteiger partial charge is 0.326 e. The van der Waals surface area contributed by atoms with Crippen molar-refractivity contribution in [3.05, 3.63) is 59.7 Å². The SMILES string of the molecule is C[C@H](NC(=O)[C@@H](NC(=O)[C@H](CCCN=C(N)N)NC(=O)[C@H](CO)NC(=O)[C@H](CC(=O)O)NC(=O)[C@@H](N)CCCCN)[C@@H](C)O)C(=O)N[C@@H](Cc1ccc(O)cc1)C(=O)N[C@@H](CO)C(=O)N[C@@H](Cc1ccc(O)cc1)C(=O)N[C@@H](CCCCN)C(=O)O. The summed E-state index contributed by atoms with van der Waals surface area (Å²) in [7, 11) is 0. The van der Waals surface area contributed by atoms with Gasteiger partial charge in [-0.1, -0.05) is 30.7 Å². The van der Waals surface area contributed by atoms with Crippen LogP contribution >= 0.6 is 0 Å². The fourth-order valence-electron chi connectivity index (χ4n) is 8.05. The molecule has 26 N–H and O–H groups in total. The molecule has 2 aromatic carbocycles. The first-order chi connectivity index (χ1) is 40.6. The maximum Gasteiger partial charge on any atom is 0.326 e. The zero-order valence-electron chi connectivity index (χ0n) is 47.7. The van der Waals surface area contributed by atoms with Gasteiger partial charge >= 0.3 is 11.9 Å². The Kier molecular flexibility index (Phi) is 32.6. The van der Waals surface area contributed by atoms with Crippen molar-refractivity contribution in [1.82, 2.24) is 47.9 Å². The lowest BCUT2D eigenvalue weighted by Crippen LogP contribution is -2.62. The van der Waals surface area contributed by atoms with E-state index in [1.807, 2.05) is 0 Å². The molecule has 0 heterocycles. The van der Waals surface area contributed by atoms with Crippen LogP contribution in [0.1, 0.15) is 82.8 Å². The Balaban J connectivity index is 2.37. The molecule has 33 nitrogen and oxygen atoms in total. The van der Waals surface area contributed by atoms with E-state index in [-0.39, 0.29) is 69.1 Å². The predicted molar refractivity (Wildman–Crippen MR) is 306 cm³/mol. The van der Waals surface area contributed by atoms with Crippen molar-refractivity contribution in [1.29, 1.82) is 0 Å². The molecule has 0 bridgehead atoms. The normalized spacial score (nSPS) is 14.8. The second kappa shape index (κ2) is 38.2. The summed E-state index contributed by atoms with van der Waals surface area (Å²) in [6.45, 7) is 0.508. The van der Waals surface area contributed by atoms with Crippen LogP contribution in [0.2, 0.25) is 0 Å². The number of carboxylic acids is 2. The van der Waals surface area contributed by atoms with Crippen molar-refractivity contribution in [2.45, 2.75) is 151 Å². The lowest BCUT2D eigenvalue weighted by atomic mass is 10.0. The number of aliphatic hydroxyl groups excluding tert-OH is 3. The number of nitrogens with one attached hydrogen (secondary N) is 9. The first-order valence-electron chi connectivity index (χ1n) is 27.5. The number of aliphatic carboxylic acids is 2. The summed E-state index contributed by atoms with van der Waals surface area (Å²) in [5.74, 6) is -13.4. The van der Waals surface area contributed by atoms with Crippen molar-refractivity contribution in [3.8, 4) is 11.5 Å². The van der Waals surface area contributed by atoms with Gasteiger partial charge in [-0.2, -0.15) is 0 Å². The molecule has 11 atom stereocenters. The van der Waals surface area contributed by atoms with E-state index in [1.54, 1.807) is 0 Å². The van der Waals surface area contributed by atoms with E-state index in [2.05, 4.69) is 52.8 Å². The molecule has 478 valence electrons. The molecule has 9 amide bonds. The highest BCUT2D eigenvalue weighted by atomic mass is 16.4. The van der Waals surface area contributed by atoms with Gasteiger partial charge in [0.25, 0.3) is 0 Å². The standard InChI is InChI=1S/C53H83N15O18/c1-27(60-51(84)42(28(2)71)68-45(78)34(10-7-21-59-53(57)58)61-49(82)39(25-69)67-48(81)38(24-41(74)75)64-44(77)33(56)8-3-5-19-54)43(76)63-36(22-29-11-15-31(72)16-12-29)47(80)66-40(26-70)50(83)65-37(23-30-13-17-32(73)18-14-30)46(79)62-35(52(85)86)9-4-6-20-55/h11-18,27-28,33-40,42,69-73H,3-10,19-26,54-56H2,1-2H3,(H,60,84)(H,61,82)(H,62,79)(H,63,76)(H,64,77)(H,65,83)(H,66,80)(H,67,81)(H,68,78)(H,74,75)(H,85,86)(H4,57,58,59)/t27-,28+,33-,34-,35-,36-,37-,38-,39-,40-,42-/m0/s1. The summed E-state index contributed by atoms with van der Waals surface area (Å²) in [5.41, 5.74) is 28.5. The summed E-state index contributed by atoms with van der Waals surface area (Å²) in [5, 5.41) is 91.2. The number of nitrogens with two attached hydrogens (primary N) is 5. The Morgan fingerprint density at radius 2 is 0.872 bits per heavy atom. The molecule has 2 aromatic rings. The number of aliphatic imine (C=N–C) groups is 1. The highest BCUT2D eigenvalue weighted by Gasteiger charge is 2.36. The first-order valence-corrected chi connectivity index (χ1v) is 27.5. The van der Waals surface area contributed by atoms with Gasteiger partial charge < -0.3 is 112 Å². The van der Waals surface area contributed by atoms with E-state index in [0.29, 0.717) is 43.4 Å². The lowest BCUT2D eigenvalue weighted by Gasteiger charge is -2.28. The number of unbranched alkanes of at least 4 members (excludes halogenated alkanes) is 2. The second-order valence-electron chi connectivity index (χ2n) is 20.1. The van der Waals surface area contributed by atoms with Crippen molar-refractivity contribution in [2.24, 2.45) is 33.7 Å². The van der Waals surface area contributed by atoms with Gasteiger partial charge in [-0.3, -0.25) is 52.9 Å². The van der Waals surface area contributed by atoms with Gasteiger partial charge in [0.05, 0.1) is 31.8 Å². The number of nitrogens with zero attached hydrogens (tertiary/aromatic N) is 1. The molecular formula is C53H83N15O18. The third-order valence-electron chi connectivity index (χ3n) is 12.9. The van der Waals surface area contributed by atoms with Crippen molar-refractivity contribution in [2.75, 3.05) is 32.8 Å². The molecule has 2 rings (SSSR count). The topological polar surface area (TPSA) is 580 Å². The van der Waals surface area contributed by atoms with E-state index >= 15 is 0 Å². The van der Waals surface area contributed by atoms with Gasteiger partial charge in [-0.15, -0.1) is 0 Å². The number of aromatic hydroxyl groups is 2. The molecular weight excluding hydrogens is 1130 g/mol. The zero-order chi connectivity index (χ0) is 64.6. The maximum absolute atomic E-state index is 14.1. The van der Waals surface area contributed by atoms with Crippen molar-refractivity contribution in [3.63, 3.8) is 0 Å². The average Bonchev–Trinajstić information content (AvgIpc) is 3.48. The van der Waals surface area contributed by atoms with Gasteiger partial charge in [0.2, 0.25) is 53.2 Å². The van der Waals surface area contributed by atoms with E-state index in [9.17, 15) is 88.5 Å². The minimum absolute atomic E-state index is 0.00745. The second-order valence-corrected chi connectivity index (χ2v) is 20.1. The third kappa shape index (κ3) is 26.9. The highest BCUT2D eigenvalue weighted by Crippen LogP contribution is 2.15. The summed E-state index contributed by atoms with van der Waals surface area (Å²) in [4.78, 5) is 150. The van der Waals surface area contributed by atoms with Crippen LogP contribution in [0.15, 0.2) is 53.5 Å². The molecule has 0 fully saturated rings. The van der Waals surface area contributed by atoms with E-state index < -0.39 is 151 Å². The lowest BCUT2D eigenvalue weighted by molar-refractivity contribution is -0.142. The summed E-state index contributed by atoms with van der Waals surface area (Å²) >= 11 is 0. The number of phenolic OH excluding ortho intramolecular Hbond substituents is 2. The largest absolute Gasteiger partial charge is 0.508 e. The molecule has 0 aromatic heterocycles. The van der Waals surface area contributed by atoms with Crippen LogP contribution in [0, 0.1) is 0 Å². The minimum Gasteiger partial charge on any atom is -0.508 e. The van der Waals surface area contributed by atoms with Crippen LogP contribution in [-0.2, 0) is 65.6 Å².